The molecule has 1 aliphatic carbocycles. The van der Waals surface area contributed by atoms with Crippen LogP contribution in [0.1, 0.15) is 27.9 Å². The van der Waals surface area contributed by atoms with Gasteiger partial charge in [0.1, 0.15) is 11.5 Å². The minimum Gasteiger partial charge on any atom is -0.871 e. The predicted octanol–water partition coefficient (Wildman–Crippen LogP) is 1.75. The fourth-order valence-electron chi connectivity index (χ4n) is 3.39. The molecular weight excluding hydrogens is 812 g/mol. The fraction of sp³-hybridized carbons (Fsp3) is 0.0500. The number of ether oxygens (including phenoxy) is 1. The minimum atomic E-state index is -1.60. The largest absolute Gasteiger partial charge is 1.00 e. The molecule has 0 bridgehead atoms. The van der Waals surface area contributed by atoms with Crippen LogP contribution in [-0.2, 0) is 0 Å². The van der Waals surface area contributed by atoms with Gasteiger partial charge in [-0.1, -0.05) is 99.9 Å². The number of allylic oxidation sites excluding steroid dienone is 3. The average molecular weight is 816 g/mol. The van der Waals surface area contributed by atoms with E-state index < -0.39 is 11.5 Å². The quantitative estimate of drug-likeness (QED) is 0.264. The Balaban J connectivity index is 0.00000204. The Bertz CT molecular complexity index is 1360. The summed E-state index contributed by atoms with van der Waals surface area (Å²) in [6.07, 6.45) is 2.24. The van der Waals surface area contributed by atoms with Crippen LogP contribution in [0.2, 0.25) is 20.1 Å². The van der Waals surface area contributed by atoms with Gasteiger partial charge in [-0.2, -0.15) is 0 Å². The van der Waals surface area contributed by atoms with Crippen LogP contribution in [0.4, 0.5) is 0 Å². The summed E-state index contributed by atoms with van der Waals surface area (Å²) in [4.78, 5) is 12.2. The third-order valence-corrected chi connectivity index (χ3v) is 8.97. The number of carbonyl (C=O) groups is 1. The van der Waals surface area contributed by atoms with Gasteiger partial charge in [0, 0.05) is 47.7 Å². The molecule has 4 rings (SSSR count). The SMILES string of the molecule is O=C([O-])c1c(Cl)c(Cl)c(Cl)c(Cl)c1C1=C2C=C(Br)CC(Br)=C2Oc2c1cc(Br)c([O-])c2Br.[Na+].[Na+]. The van der Waals surface area contributed by atoms with Gasteiger partial charge in [0.15, 0.2) is 0 Å². The van der Waals surface area contributed by atoms with Crippen LogP contribution >= 0.6 is 110 Å². The third kappa shape index (κ3) is 5.44. The molecule has 0 atom stereocenters. The minimum absolute atomic E-state index is 0. The first kappa shape index (κ1) is 32.0. The normalized spacial score (nSPS) is 14.4. The van der Waals surface area contributed by atoms with Crippen molar-refractivity contribution in [1.82, 2.24) is 0 Å². The molecule has 0 saturated carbocycles. The van der Waals surface area contributed by atoms with E-state index in [2.05, 4.69) is 63.7 Å². The molecule has 14 heteroatoms. The number of carboxylic acids is 1. The predicted molar refractivity (Wildman–Crippen MR) is 136 cm³/mol. The van der Waals surface area contributed by atoms with E-state index in [0.717, 1.165) is 4.48 Å². The topological polar surface area (TPSA) is 72.4 Å². The number of carbonyl (C=O) groups excluding carboxylic acids is 1. The van der Waals surface area contributed by atoms with Crippen molar-refractivity contribution in [3.05, 3.63) is 78.2 Å². The number of hydrogen-bond donors (Lipinski definition) is 0. The summed E-state index contributed by atoms with van der Waals surface area (Å²) in [6, 6.07) is 1.51. The van der Waals surface area contributed by atoms with Gasteiger partial charge >= 0.3 is 59.1 Å². The molecule has 2 aliphatic rings. The Labute approximate surface area is 292 Å². The van der Waals surface area contributed by atoms with E-state index in [4.69, 9.17) is 51.1 Å². The number of benzene rings is 2. The maximum absolute atomic E-state index is 12.5. The van der Waals surface area contributed by atoms with Crippen LogP contribution in [0.5, 0.6) is 11.5 Å². The first-order valence-corrected chi connectivity index (χ1v) is 13.1. The van der Waals surface area contributed by atoms with Gasteiger partial charge < -0.3 is 19.7 Å². The summed E-state index contributed by atoms with van der Waals surface area (Å²) in [5.41, 5.74) is 0.726. The number of rotatable bonds is 2. The van der Waals surface area contributed by atoms with Crippen molar-refractivity contribution >= 4 is 122 Å². The van der Waals surface area contributed by atoms with Gasteiger partial charge in [-0.05, 0) is 28.1 Å². The van der Waals surface area contributed by atoms with E-state index in [-0.39, 0.29) is 105 Å². The molecule has 0 fully saturated rings. The van der Waals surface area contributed by atoms with E-state index in [1.807, 2.05) is 0 Å². The zero-order valence-electron chi connectivity index (χ0n) is 17.0. The Kier molecular flexibility index (Phi) is 11.6. The molecular formula is C20H4Br4Cl4Na2O4. The van der Waals surface area contributed by atoms with Crippen molar-refractivity contribution in [2.45, 2.75) is 6.42 Å². The Hall–Kier alpha value is 1.81. The first-order valence-electron chi connectivity index (χ1n) is 8.39. The fourth-order valence-corrected chi connectivity index (χ4v) is 7.10. The van der Waals surface area contributed by atoms with Crippen molar-refractivity contribution in [3.63, 3.8) is 0 Å². The molecule has 0 unspecified atom stereocenters. The van der Waals surface area contributed by atoms with Crippen LogP contribution in [0.25, 0.3) is 5.57 Å². The molecule has 0 radical (unpaired) electrons. The monoisotopic (exact) mass is 810 g/mol. The standard InChI is InChI=1S/C20H6Br4Cl4O4.2Na/c21-4-1-5-9(10-11(20(30)31)14(26)16(28)15(27)13(10)25)6-3-7(22)17(29)12(24)19(6)32-18(5)8(23)2-4;;/h1,3,29H,2H2,(H,30,31);;/q;2*+1/p-2. The van der Waals surface area contributed by atoms with Crippen molar-refractivity contribution in [2.24, 2.45) is 0 Å². The number of hydrogen-bond acceptors (Lipinski definition) is 4. The summed E-state index contributed by atoms with van der Waals surface area (Å²) in [5.74, 6) is -1.40. The second kappa shape index (κ2) is 12.3. The molecule has 34 heavy (non-hydrogen) atoms. The van der Waals surface area contributed by atoms with Crippen LogP contribution < -0.4 is 74.1 Å². The van der Waals surface area contributed by atoms with E-state index in [1.165, 1.54) is 6.07 Å². The maximum Gasteiger partial charge on any atom is 1.00 e. The van der Waals surface area contributed by atoms with Crippen molar-refractivity contribution in [1.29, 1.82) is 0 Å². The van der Waals surface area contributed by atoms with Gasteiger partial charge in [-0.15, -0.1) is 0 Å². The zero-order valence-corrected chi connectivity index (χ0v) is 30.4. The van der Waals surface area contributed by atoms with E-state index in [1.54, 1.807) is 6.08 Å². The average Bonchev–Trinajstić information content (AvgIpc) is 2.72. The van der Waals surface area contributed by atoms with Crippen LogP contribution in [-0.4, -0.2) is 5.97 Å². The Morgan fingerprint density at radius 3 is 2.15 bits per heavy atom. The second-order valence-electron chi connectivity index (χ2n) is 6.56. The number of fused-ring (bicyclic) bond motifs is 2. The summed E-state index contributed by atoms with van der Waals surface area (Å²) in [7, 11) is 0. The molecule has 0 amide bonds. The first-order chi connectivity index (χ1) is 15.0. The molecule has 166 valence electrons. The molecule has 2 aromatic rings. The van der Waals surface area contributed by atoms with Crippen molar-refractivity contribution < 1.29 is 78.9 Å². The Morgan fingerprint density at radius 1 is 0.971 bits per heavy atom. The van der Waals surface area contributed by atoms with Crippen LogP contribution in [0.3, 0.4) is 0 Å². The summed E-state index contributed by atoms with van der Waals surface area (Å²) >= 11 is 38.8. The van der Waals surface area contributed by atoms with Crippen LogP contribution in [0.15, 0.2) is 41.4 Å². The molecule has 0 spiro atoms. The molecule has 0 aromatic heterocycles. The van der Waals surface area contributed by atoms with E-state index >= 15 is 0 Å². The van der Waals surface area contributed by atoms with E-state index in [0.29, 0.717) is 33.4 Å². The van der Waals surface area contributed by atoms with Gasteiger partial charge in [0.25, 0.3) is 0 Å². The number of aromatic carboxylic acids is 1. The molecule has 1 aliphatic heterocycles. The molecule has 2 aromatic carbocycles. The van der Waals surface area contributed by atoms with E-state index in [9.17, 15) is 15.0 Å². The summed E-state index contributed by atoms with van der Waals surface area (Å²) in [6.45, 7) is 0. The maximum atomic E-state index is 12.5. The Morgan fingerprint density at radius 2 is 1.56 bits per heavy atom. The summed E-state index contributed by atoms with van der Waals surface area (Å²) in [5, 5.41) is 23.9. The van der Waals surface area contributed by atoms with Crippen LogP contribution in [0, 0.1) is 0 Å². The van der Waals surface area contributed by atoms with Gasteiger partial charge in [-0.3, -0.25) is 0 Å². The van der Waals surface area contributed by atoms with Crippen molar-refractivity contribution in [2.75, 3.05) is 0 Å². The van der Waals surface area contributed by atoms with Crippen molar-refractivity contribution in [3.8, 4) is 11.5 Å². The number of carboxylic acid groups (broad SMARTS) is 1. The third-order valence-electron chi connectivity index (χ3n) is 4.71. The molecule has 0 saturated heterocycles. The second-order valence-corrected chi connectivity index (χ2v) is 11.7. The number of halogens is 8. The molecule has 0 N–H and O–H groups in total. The molecule has 4 nitrogen and oxygen atoms in total. The van der Waals surface area contributed by atoms with Gasteiger partial charge in [0.05, 0.1) is 30.5 Å². The zero-order chi connectivity index (χ0) is 23.6. The summed E-state index contributed by atoms with van der Waals surface area (Å²) < 4.78 is 7.87. The molecule has 1 heterocycles. The van der Waals surface area contributed by atoms with Gasteiger partial charge in [0.2, 0.25) is 0 Å². The smallest absolute Gasteiger partial charge is 0.871 e. The van der Waals surface area contributed by atoms with Gasteiger partial charge in [-0.25, -0.2) is 0 Å².